The second kappa shape index (κ2) is 12.1. The molecule has 0 aromatic heterocycles. The van der Waals surface area contributed by atoms with Gasteiger partial charge in [0.2, 0.25) is 0 Å². The van der Waals surface area contributed by atoms with E-state index in [1.165, 1.54) is 12.1 Å². The molecule has 0 heterocycles. The molecule has 0 amide bonds. The maximum absolute atomic E-state index is 10.8. The first-order chi connectivity index (χ1) is 10.9. The topological polar surface area (TPSA) is 84.9 Å². The monoisotopic (exact) mass is 402 g/mol. The van der Waals surface area contributed by atoms with Crippen molar-refractivity contribution in [2.75, 3.05) is 32.8 Å². The van der Waals surface area contributed by atoms with Crippen LogP contribution in [0.3, 0.4) is 0 Å². The van der Waals surface area contributed by atoms with Gasteiger partial charge in [0.05, 0.1) is 4.90 Å². The number of hydrogen-bond acceptors (Lipinski definition) is 7. The van der Waals surface area contributed by atoms with Crippen LogP contribution in [0, 0.1) is 0 Å². The smallest absolute Gasteiger partial charge is 0.744 e. The number of hydrogen-bond donors (Lipinski definition) is 0. The Bertz CT molecular complexity index is 555. The van der Waals surface area contributed by atoms with E-state index in [4.69, 9.17) is 13.3 Å². The fourth-order valence-electron chi connectivity index (χ4n) is 2.06. The van der Waals surface area contributed by atoms with Gasteiger partial charge in [-0.25, -0.2) is 8.42 Å². The summed E-state index contributed by atoms with van der Waals surface area (Å²) in [7, 11) is -2.00. The van der Waals surface area contributed by atoms with Crippen LogP contribution in [-0.4, -0.2) is 54.6 Å². The van der Waals surface area contributed by atoms with Crippen molar-refractivity contribution in [3.8, 4) is 0 Å². The zero-order chi connectivity index (χ0) is 17.3. The molecule has 1 aromatic carbocycles. The molecule has 0 saturated carbocycles. The first-order valence-corrected chi connectivity index (χ1v) is 11.6. The van der Waals surface area contributed by atoms with Crippen LogP contribution in [0.1, 0.15) is 12.0 Å². The summed E-state index contributed by atoms with van der Waals surface area (Å²) in [6.07, 6.45) is 1.77. The van der Waals surface area contributed by atoms with Gasteiger partial charge in [0.25, 0.3) is 0 Å². The van der Waals surface area contributed by atoms with Crippen LogP contribution in [0.4, 0.5) is 0 Å². The normalized spacial score (nSPS) is 12.0. The van der Waals surface area contributed by atoms with Crippen molar-refractivity contribution in [1.82, 2.24) is 0 Å². The molecule has 0 aliphatic carbocycles. The molecule has 1 rings (SSSR count). The van der Waals surface area contributed by atoms with Gasteiger partial charge in [-0.15, -0.1) is 0 Å². The molecule has 6 nitrogen and oxygen atoms in total. The Hall–Kier alpha value is 0.577. The second-order valence-corrected chi connectivity index (χ2v) is 10.6. The van der Waals surface area contributed by atoms with E-state index in [9.17, 15) is 13.0 Å². The average molecular weight is 403 g/mol. The van der Waals surface area contributed by atoms with Crippen LogP contribution < -0.4 is 29.6 Å². The number of aryl methyl sites for hydroxylation is 1. The molecule has 0 atom stereocenters. The number of thioether (sulfide) groups is 1. The second-order valence-electron chi connectivity index (χ2n) is 4.86. The van der Waals surface area contributed by atoms with E-state index in [-0.39, 0.29) is 34.5 Å². The first-order valence-electron chi connectivity index (χ1n) is 7.15. The van der Waals surface area contributed by atoms with Gasteiger partial charge in [-0.3, -0.25) is 0 Å². The number of rotatable bonds is 11. The summed E-state index contributed by atoms with van der Waals surface area (Å²) in [4.78, 5) is -0.186. The Balaban J connectivity index is 0.00000529. The first kappa shape index (κ1) is 24.6. The van der Waals surface area contributed by atoms with Crippen LogP contribution in [0.15, 0.2) is 29.2 Å². The zero-order valence-electron chi connectivity index (χ0n) is 14.6. The molecule has 0 unspecified atom stereocenters. The third-order valence-corrected chi connectivity index (χ3v) is 8.20. The summed E-state index contributed by atoms with van der Waals surface area (Å²) in [6.45, 7) is 0. The summed E-state index contributed by atoms with van der Waals surface area (Å²) in [6, 6.07) is 6.86. The van der Waals surface area contributed by atoms with Crippen LogP contribution in [-0.2, 0) is 29.8 Å². The van der Waals surface area contributed by atoms with Crippen molar-refractivity contribution >= 4 is 30.7 Å². The standard InChI is InChI=1S/C14H24O6S2Si.Na/c1-18-23(19-2,20-3)12-4-10-21-11-9-13-5-7-14(8-6-13)22(15,16)17;/h5-8H,4,9-12H2,1-3H3,(H,15,16,17);/q;+1/p-1. The van der Waals surface area contributed by atoms with Crippen LogP contribution in [0.25, 0.3) is 0 Å². The maximum Gasteiger partial charge on any atom is 1.00 e. The largest absolute Gasteiger partial charge is 1.00 e. The Labute approximate surface area is 172 Å². The van der Waals surface area contributed by atoms with Crippen LogP contribution in [0.2, 0.25) is 6.04 Å². The van der Waals surface area contributed by atoms with Crippen LogP contribution >= 0.6 is 11.8 Å². The van der Waals surface area contributed by atoms with Crippen LogP contribution in [0.5, 0.6) is 0 Å². The molecular weight excluding hydrogens is 379 g/mol. The third-order valence-electron chi connectivity index (χ3n) is 3.45. The molecule has 1 aromatic rings. The van der Waals surface area contributed by atoms with E-state index in [1.807, 2.05) is 0 Å². The van der Waals surface area contributed by atoms with Crippen molar-refractivity contribution in [2.45, 2.75) is 23.8 Å². The van der Waals surface area contributed by atoms with E-state index in [2.05, 4.69) is 0 Å². The fraction of sp³-hybridized carbons (Fsp3) is 0.571. The molecule has 0 spiro atoms. The minimum atomic E-state index is -4.36. The van der Waals surface area contributed by atoms with Gasteiger partial charge in [0.15, 0.2) is 0 Å². The van der Waals surface area contributed by atoms with E-state index in [0.29, 0.717) is 0 Å². The minimum Gasteiger partial charge on any atom is -0.744 e. The molecule has 10 heteroatoms. The summed E-state index contributed by atoms with van der Waals surface area (Å²) < 4.78 is 48.6. The van der Waals surface area contributed by atoms with Gasteiger partial charge >= 0.3 is 38.4 Å². The molecule has 0 aliphatic rings. The molecule has 0 saturated heterocycles. The fourth-order valence-corrected chi connectivity index (χ4v) is 5.44. The molecule has 24 heavy (non-hydrogen) atoms. The van der Waals surface area contributed by atoms with E-state index in [1.54, 1.807) is 45.2 Å². The van der Waals surface area contributed by atoms with E-state index in [0.717, 1.165) is 36.0 Å². The molecule has 0 fully saturated rings. The molecular formula is C14H23NaO6S2Si. The predicted molar refractivity (Wildman–Crippen MR) is 91.6 cm³/mol. The quantitative estimate of drug-likeness (QED) is 0.270. The van der Waals surface area contributed by atoms with Gasteiger partial charge in [-0.2, -0.15) is 11.8 Å². The Kier molecular flexibility index (Phi) is 12.3. The molecule has 0 aliphatic heterocycles. The summed E-state index contributed by atoms with van der Waals surface area (Å²) in [5.74, 6) is 1.89. The Morgan fingerprint density at radius 3 is 2.04 bits per heavy atom. The molecule has 0 bridgehead atoms. The molecule has 132 valence electrons. The van der Waals surface area contributed by atoms with Crippen molar-refractivity contribution in [1.29, 1.82) is 0 Å². The van der Waals surface area contributed by atoms with Crippen molar-refractivity contribution in [3.63, 3.8) is 0 Å². The zero-order valence-corrected chi connectivity index (χ0v) is 19.2. The average Bonchev–Trinajstić information content (AvgIpc) is 2.54. The van der Waals surface area contributed by atoms with Gasteiger partial charge < -0.3 is 17.8 Å². The summed E-state index contributed by atoms with van der Waals surface area (Å²) >= 11 is 1.81. The van der Waals surface area contributed by atoms with Gasteiger partial charge in [-0.1, -0.05) is 12.1 Å². The SMILES string of the molecule is CO[Si](CCCSCCc1ccc(S(=O)(=O)[O-])cc1)(OC)OC.[Na+]. The Morgan fingerprint density at radius 2 is 1.58 bits per heavy atom. The van der Waals surface area contributed by atoms with Gasteiger partial charge in [0, 0.05) is 27.4 Å². The van der Waals surface area contributed by atoms with Gasteiger partial charge in [0.1, 0.15) is 10.1 Å². The predicted octanol–water partition coefficient (Wildman–Crippen LogP) is -0.861. The summed E-state index contributed by atoms with van der Waals surface area (Å²) in [5, 5.41) is 0. The van der Waals surface area contributed by atoms with Gasteiger partial charge in [-0.05, 0) is 42.0 Å². The van der Waals surface area contributed by atoms with Crippen molar-refractivity contribution in [3.05, 3.63) is 29.8 Å². The van der Waals surface area contributed by atoms with Crippen molar-refractivity contribution in [2.24, 2.45) is 0 Å². The van der Waals surface area contributed by atoms with E-state index < -0.39 is 18.9 Å². The molecule has 0 radical (unpaired) electrons. The maximum atomic E-state index is 10.8. The Morgan fingerprint density at radius 1 is 1.04 bits per heavy atom. The minimum absolute atomic E-state index is 0. The molecule has 0 N–H and O–H groups in total. The van der Waals surface area contributed by atoms with E-state index >= 15 is 0 Å². The third kappa shape index (κ3) is 8.30. The summed E-state index contributed by atoms with van der Waals surface area (Å²) in [5.41, 5.74) is 1.01. The van der Waals surface area contributed by atoms with Crippen molar-refractivity contribution < 1.29 is 55.8 Å². The number of benzene rings is 1.